The van der Waals surface area contributed by atoms with Crippen molar-refractivity contribution in [3.8, 4) is 11.1 Å². The minimum absolute atomic E-state index is 0.0105. The first kappa shape index (κ1) is 27.1. The first-order valence-electron chi connectivity index (χ1n) is 13.6. The summed E-state index contributed by atoms with van der Waals surface area (Å²) in [6.45, 7) is 6.62. The molecule has 1 aromatic heterocycles. The quantitative estimate of drug-likeness (QED) is 0.559. The number of rotatable bonds is 7. The summed E-state index contributed by atoms with van der Waals surface area (Å²) in [7, 11) is 0. The molecule has 1 aromatic carbocycles. The van der Waals surface area contributed by atoms with E-state index in [0.29, 0.717) is 36.6 Å². The maximum atomic E-state index is 13.3. The van der Waals surface area contributed by atoms with E-state index < -0.39 is 17.0 Å². The van der Waals surface area contributed by atoms with E-state index in [4.69, 9.17) is 0 Å². The summed E-state index contributed by atoms with van der Waals surface area (Å²) in [4.78, 5) is 40.3. The predicted molar refractivity (Wildman–Crippen MR) is 143 cm³/mol. The Kier molecular flexibility index (Phi) is 7.93. The molecule has 1 aliphatic heterocycles. The van der Waals surface area contributed by atoms with Gasteiger partial charge in [-0.05, 0) is 24.3 Å². The zero-order valence-electron chi connectivity index (χ0n) is 22.3. The molecule has 1 aliphatic carbocycles. The Morgan fingerprint density at radius 3 is 2.41 bits per heavy atom. The van der Waals surface area contributed by atoms with Crippen LogP contribution in [0.3, 0.4) is 0 Å². The number of carbonyl (C=O) groups excluding carboxylic acids is 1. The number of pyridine rings is 1. The fraction of sp³-hybridized carbons (Fsp3) is 0.567. The van der Waals surface area contributed by atoms with E-state index >= 15 is 0 Å². The molecule has 7 heteroatoms. The van der Waals surface area contributed by atoms with Gasteiger partial charge in [-0.2, -0.15) is 0 Å². The van der Waals surface area contributed by atoms with Gasteiger partial charge in [0.2, 0.25) is 5.91 Å². The molecule has 200 valence electrons. The van der Waals surface area contributed by atoms with E-state index in [2.05, 4.69) is 0 Å². The minimum Gasteiger partial charge on any atom is -0.478 e. The van der Waals surface area contributed by atoms with Gasteiger partial charge in [-0.3, -0.25) is 9.59 Å². The van der Waals surface area contributed by atoms with Crippen LogP contribution in [0.25, 0.3) is 11.1 Å². The molecule has 2 aromatic rings. The van der Waals surface area contributed by atoms with Gasteiger partial charge in [-0.25, -0.2) is 4.79 Å². The lowest BCUT2D eigenvalue weighted by atomic mass is 9.69. The first-order valence-corrected chi connectivity index (χ1v) is 13.6. The summed E-state index contributed by atoms with van der Waals surface area (Å²) < 4.78 is 1.31. The molecule has 1 saturated carbocycles. The minimum atomic E-state index is -1.27. The Labute approximate surface area is 219 Å². The number of hydrogen-bond donors (Lipinski definition) is 2. The average Bonchev–Trinajstić information content (AvgIpc) is 2.87. The van der Waals surface area contributed by atoms with Crippen molar-refractivity contribution in [3.63, 3.8) is 0 Å². The third-order valence-electron chi connectivity index (χ3n) is 8.66. The van der Waals surface area contributed by atoms with Crippen LogP contribution < -0.4 is 5.56 Å². The number of amides is 1. The molecule has 1 amide bonds. The van der Waals surface area contributed by atoms with Crippen molar-refractivity contribution >= 4 is 11.9 Å². The second kappa shape index (κ2) is 10.8. The number of hydrogen-bond acceptors (Lipinski definition) is 4. The molecule has 4 rings (SSSR count). The fourth-order valence-electron chi connectivity index (χ4n) is 6.18. The molecule has 7 nitrogen and oxygen atoms in total. The molecule has 37 heavy (non-hydrogen) atoms. The number of aliphatic hydroxyl groups is 1. The van der Waals surface area contributed by atoms with E-state index in [1.54, 1.807) is 24.3 Å². The lowest BCUT2D eigenvalue weighted by Crippen LogP contribution is -2.61. The van der Waals surface area contributed by atoms with Crippen molar-refractivity contribution in [3.05, 3.63) is 58.5 Å². The molecule has 1 unspecified atom stereocenters. The summed E-state index contributed by atoms with van der Waals surface area (Å²) in [5.41, 5.74) is -1.31. The maximum absolute atomic E-state index is 13.3. The average molecular weight is 509 g/mol. The Morgan fingerprint density at radius 1 is 1.11 bits per heavy atom. The molecule has 2 fully saturated rings. The van der Waals surface area contributed by atoms with Crippen LogP contribution in [0.1, 0.15) is 76.1 Å². The Hall–Kier alpha value is -2.93. The maximum Gasteiger partial charge on any atom is 0.337 e. The van der Waals surface area contributed by atoms with Crippen LogP contribution in [-0.2, 0) is 11.3 Å². The zero-order valence-corrected chi connectivity index (χ0v) is 22.3. The molecule has 0 spiro atoms. The fourth-order valence-corrected chi connectivity index (χ4v) is 6.18. The number of aromatic nitrogens is 1. The first-order chi connectivity index (χ1) is 17.5. The number of aromatic carboxylic acids is 1. The summed E-state index contributed by atoms with van der Waals surface area (Å²) in [6, 6.07) is 10.3. The Balaban J connectivity index is 1.51. The molecular formula is C30H40N2O5. The van der Waals surface area contributed by atoms with Gasteiger partial charge in [0.25, 0.3) is 5.56 Å². The topological polar surface area (TPSA) is 99.8 Å². The van der Waals surface area contributed by atoms with Crippen molar-refractivity contribution in [2.24, 2.45) is 17.3 Å². The van der Waals surface area contributed by atoms with E-state index in [1.807, 2.05) is 31.7 Å². The number of benzene rings is 1. The monoisotopic (exact) mass is 508 g/mol. The molecular weight excluding hydrogens is 468 g/mol. The van der Waals surface area contributed by atoms with Crippen molar-refractivity contribution in [2.75, 3.05) is 13.1 Å². The van der Waals surface area contributed by atoms with Gasteiger partial charge in [0.05, 0.1) is 17.7 Å². The van der Waals surface area contributed by atoms with E-state index in [9.17, 15) is 24.6 Å². The number of carboxylic acids is 1. The SMILES string of the molecule is C[C@H](CC1CCCCC1)C(=O)N1CCC(O)(Cn2cc(C(=O)O)c(-c3ccccc3)cc2=O)C(C)(C)C1. The van der Waals surface area contributed by atoms with Gasteiger partial charge >= 0.3 is 5.97 Å². The highest BCUT2D eigenvalue weighted by Gasteiger charge is 2.49. The van der Waals surface area contributed by atoms with Crippen molar-refractivity contribution in [2.45, 2.75) is 77.9 Å². The summed E-state index contributed by atoms with van der Waals surface area (Å²) in [6.07, 6.45) is 8.79. The Morgan fingerprint density at radius 2 is 1.78 bits per heavy atom. The van der Waals surface area contributed by atoms with Gasteiger partial charge in [0, 0.05) is 42.2 Å². The summed E-state index contributed by atoms with van der Waals surface area (Å²) in [5.74, 6) is -0.419. The highest BCUT2D eigenvalue weighted by molar-refractivity contribution is 5.95. The largest absolute Gasteiger partial charge is 0.478 e. The highest BCUT2D eigenvalue weighted by atomic mass is 16.4. The number of carboxylic acid groups (broad SMARTS) is 1. The highest BCUT2D eigenvalue weighted by Crippen LogP contribution is 2.41. The standard InChI is InChI=1S/C30H40N2O5/c1-21(16-22-10-6-4-7-11-22)27(34)31-15-14-30(37,29(2,3)19-31)20-32-18-25(28(35)36)24(17-26(32)33)23-12-8-5-9-13-23/h5,8-9,12-13,17-18,21-22,37H,4,6-7,10-11,14-16,19-20H2,1-3H3,(H,35,36)/t21-,30?/m1/s1. The van der Waals surface area contributed by atoms with Crippen molar-refractivity contribution in [1.29, 1.82) is 0 Å². The van der Waals surface area contributed by atoms with Crippen molar-refractivity contribution in [1.82, 2.24) is 9.47 Å². The van der Waals surface area contributed by atoms with E-state index in [1.165, 1.54) is 48.9 Å². The van der Waals surface area contributed by atoms with Crippen LogP contribution in [-0.4, -0.2) is 50.2 Å². The smallest absolute Gasteiger partial charge is 0.337 e. The number of likely N-dealkylation sites (tertiary alicyclic amines) is 1. The lowest BCUT2D eigenvalue weighted by Gasteiger charge is -2.51. The van der Waals surface area contributed by atoms with E-state index in [0.717, 1.165) is 6.42 Å². The van der Waals surface area contributed by atoms with Crippen LogP contribution in [0, 0.1) is 17.3 Å². The number of nitrogens with zero attached hydrogens (tertiary/aromatic N) is 2. The third-order valence-corrected chi connectivity index (χ3v) is 8.66. The van der Waals surface area contributed by atoms with Gasteiger partial charge in [0.15, 0.2) is 0 Å². The third kappa shape index (κ3) is 5.82. The molecule has 0 bridgehead atoms. The van der Waals surface area contributed by atoms with E-state index in [-0.39, 0.29) is 29.5 Å². The molecule has 2 atom stereocenters. The van der Waals surface area contributed by atoms with Crippen LogP contribution in [0.15, 0.2) is 47.4 Å². The normalized spacial score (nSPS) is 23.0. The van der Waals surface area contributed by atoms with Gasteiger partial charge < -0.3 is 19.7 Å². The second-order valence-corrected chi connectivity index (χ2v) is 11.8. The molecule has 1 saturated heterocycles. The number of piperidine rings is 1. The summed E-state index contributed by atoms with van der Waals surface area (Å²) in [5, 5.41) is 21.6. The van der Waals surface area contributed by atoms with Crippen LogP contribution in [0.4, 0.5) is 0 Å². The second-order valence-electron chi connectivity index (χ2n) is 11.8. The van der Waals surface area contributed by atoms with Crippen LogP contribution >= 0.6 is 0 Å². The lowest BCUT2D eigenvalue weighted by molar-refractivity contribution is -0.157. The molecule has 2 aliphatic rings. The molecule has 2 N–H and O–H groups in total. The van der Waals surface area contributed by atoms with Crippen molar-refractivity contribution < 1.29 is 19.8 Å². The molecule has 2 heterocycles. The zero-order chi connectivity index (χ0) is 26.8. The van der Waals surface area contributed by atoms with Crippen LogP contribution in [0.2, 0.25) is 0 Å². The van der Waals surface area contributed by atoms with Gasteiger partial charge in [-0.1, -0.05) is 83.2 Å². The van der Waals surface area contributed by atoms with Gasteiger partial charge in [0.1, 0.15) is 0 Å². The Bertz CT molecular complexity index is 1180. The van der Waals surface area contributed by atoms with Gasteiger partial charge in [-0.15, -0.1) is 0 Å². The molecule has 0 radical (unpaired) electrons. The number of carbonyl (C=O) groups is 2. The van der Waals surface area contributed by atoms with Crippen LogP contribution in [0.5, 0.6) is 0 Å². The summed E-state index contributed by atoms with van der Waals surface area (Å²) >= 11 is 0. The predicted octanol–water partition coefficient (Wildman–Crippen LogP) is 4.81.